The first-order valence-corrected chi connectivity index (χ1v) is 6.51. The maximum absolute atomic E-state index is 11.6. The van der Waals surface area contributed by atoms with Gasteiger partial charge in [-0.25, -0.2) is 4.79 Å². The van der Waals surface area contributed by atoms with E-state index in [-0.39, 0.29) is 0 Å². The van der Waals surface area contributed by atoms with Crippen LogP contribution in [0.25, 0.3) is 0 Å². The number of allylic oxidation sites excluding steroid dienone is 1. The first-order valence-electron chi connectivity index (χ1n) is 6.51. The molecule has 19 heavy (non-hydrogen) atoms. The van der Waals surface area contributed by atoms with E-state index in [0.29, 0.717) is 18.4 Å². The lowest BCUT2D eigenvalue weighted by Gasteiger charge is -2.22. The summed E-state index contributed by atoms with van der Waals surface area (Å²) in [6.07, 6.45) is 2.88. The van der Waals surface area contributed by atoms with Crippen molar-refractivity contribution in [1.29, 1.82) is 0 Å². The summed E-state index contributed by atoms with van der Waals surface area (Å²) in [5, 5.41) is 20.3. The SMILES string of the molecule is C=C1C(=O)OC2/C=C(/C)C(O)CC/C(C)=C\C(O)[C@H]12. The number of esters is 1. The molecule has 0 bridgehead atoms. The number of carbonyl (C=O) groups excluding carboxylic acids is 1. The maximum Gasteiger partial charge on any atom is 0.334 e. The van der Waals surface area contributed by atoms with E-state index >= 15 is 0 Å². The van der Waals surface area contributed by atoms with Gasteiger partial charge in [0.15, 0.2) is 0 Å². The van der Waals surface area contributed by atoms with Gasteiger partial charge >= 0.3 is 5.97 Å². The number of aliphatic hydroxyl groups is 2. The molecule has 1 aliphatic carbocycles. The Balaban J connectivity index is 2.39. The highest BCUT2D eigenvalue weighted by Gasteiger charge is 2.41. The fraction of sp³-hybridized carbons (Fsp3) is 0.533. The third-order valence-corrected chi connectivity index (χ3v) is 3.85. The van der Waals surface area contributed by atoms with Crippen LogP contribution >= 0.6 is 0 Å². The number of hydrogen-bond donors (Lipinski definition) is 2. The quantitative estimate of drug-likeness (QED) is 0.395. The van der Waals surface area contributed by atoms with Gasteiger partial charge in [0, 0.05) is 5.57 Å². The average Bonchev–Trinajstić information content (AvgIpc) is 2.60. The lowest BCUT2D eigenvalue weighted by atomic mass is 9.86. The summed E-state index contributed by atoms with van der Waals surface area (Å²) in [7, 11) is 0. The average molecular weight is 264 g/mol. The number of rotatable bonds is 0. The molecular formula is C15H20O4. The van der Waals surface area contributed by atoms with Crippen LogP contribution in [-0.2, 0) is 9.53 Å². The highest BCUT2D eigenvalue weighted by atomic mass is 16.6. The summed E-state index contributed by atoms with van der Waals surface area (Å²) >= 11 is 0. The molecular weight excluding hydrogens is 244 g/mol. The summed E-state index contributed by atoms with van der Waals surface area (Å²) in [6.45, 7) is 7.43. The monoisotopic (exact) mass is 264 g/mol. The second-order valence-electron chi connectivity index (χ2n) is 5.39. The molecule has 0 spiro atoms. The normalized spacial score (nSPS) is 41.7. The number of aliphatic hydroxyl groups excluding tert-OH is 2. The molecule has 1 saturated heterocycles. The van der Waals surface area contributed by atoms with Crippen LogP contribution in [0.1, 0.15) is 26.7 Å². The van der Waals surface area contributed by atoms with Crippen molar-refractivity contribution in [2.45, 2.75) is 45.0 Å². The molecule has 1 heterocycles. The highest BCUT2D eigenvalue weighted by Crippen LogP contribution is 2.33. The topological polar surface area (TPSA) is 66.8 Å². The van der Waals surface area contributed by atoms with Crippen LogP contribution in [0.2, 0.25) is 0 Å². The van der Waals surface area contributed by atoms with E-state index in [1.165, 1.54) is 0 Å². The van der Waals surface area contributed by atoms with Crippen molar-refractivity contribution in [1.82, 2.24) is 0 Å². The Kier molecular flexibility index (Phi) is 3.92. The number of ether oxygens (including phenoxy) is 1. The molecule has 0 aromatic rings. The fourth-order valence-electron chi connectivity index (χ4n) is 2.59. The predicted octanol–water partition coefficient (Wildman–Crippen LogP) is 1.49. The van der Waals surface area contributed by atoms with E-state index in [2.05, 4.69) is 6.58 Å². The van der Waals surface area contributed by atoms with Gasteiger partial charge in [0.2, 0.25) is 0 Å². The molecule has 0 amide bonds. The van der Waals surface area contributed by atoms with Gasteiger partial charge < -0.3 is 14.9 Å². The van der Waals surface area contributed by atoms with Gasteiger partial charge in [-0.1, -0.05) is 18.2 Å². The minimum absolute atomic E-state index is 0.292. The number of hydrogen-bond acceptors (Lipinski definition) is 4. The van der Waals surface area contributed by atoms with E-state index in [9.17, 15) is 15.0 Å². The van der Waals surface area contributed by atoms with Gasteiger partial charge in [-0.15, -0.1) is 0 Å². The molecule has 2 N–H and O–H groups in total. The van der Waals surface area contributed by atoms with E-state index < -0.39 is 30.2 Å². The van der Waals surface area contributed by atoms with E-state index in [4.69, 9.17) is 4.74 Å². The Hall–Kier alpha value is -1.39. The molecule has 104 valence electrons. The molecule has 1 aliphatic heterocycles. The molecule has 4 heteroatoms. The van der Waals surface area contributed by atoms with Crippen molar-refractivity contribution in [3.05, 3.63) is 35.5 Å². The third-order valence-electron chi connectivity index (χ3n) is 3.85. The van der Waals surface area contributed by atoms with Crippen LogP contribution in [0, 0.1) is 5.92 Å². The summed E-state index contributed by atoms with van der Waals surface area (Å²) in [4.78, 5) is 11.6. The van der Waals surface area contributed by atoms with Crippen LogP contribution in [0.5, 0.6) is 0 Å². The number of fused-ring (bicyclic) bond motifs is 1. The molecule has 4 atom stereocenters. The second-order valence-corrected chi connectivity index (χ2v) is 5.39. The zero-order chi connectivity index (χ0) is 14.2. The van der Waals surface area contributed by atoms with Crippen molar-refractivity contribution in [3.63, 3.8) is 0 Å². The van der Waals surface area contributed by atoms with E-state index in [1.54, 1.807) is 12.2 Å². The van der Waals surface area contributed by atoms with Crippen molar-refractivity contribution >= 4 is 5.97 Å². The Morgan fingerprint density at radius 3 is 2.68 bits per heavy atom. The summed E-state index contributed by atoms with van der Waals surface area (Å²) in [5.74, 6) is -0.944. The molecule has 0 radical (unpaired) electrons. The largest absolute Gasteiger partial charge is 0.454 e. The summed E-state index contributed by atoms with van der Waals surface area (Å²) in [6, 6.07) is 0. The molecule has 2 aliphatic rings. The van der Waals surface area contributed by atoms with Crippen molar-refractivity contribution in [3.8, 4) is 0 Å². The maximum atomic E-state index is 11.6. The van der Waals surface area contributed by atoms with Gasteiger partial charge in [0.25, 0.3) is 0 Å². The van der Waals surface area contributed by atoms with Gasteiger partial charge in [0.05, 0.1) is 18.1 Å². The first kappa shape index (κ1) is 14.0. The van der Waals surface area contributed by atoms with Crippen LogP contribution in [0.4, 0.5) is 0 Å². The van der Waals surface area contributed by atoms with Crippen LogP contribution in [-0.4, -0.2) is 34.5 Å². The van der Waals surface area contributed by atoms with E-state index in [1.807, 2.05) is 13.8 Å². The lowest BCUT2D eigenvalue weighted by Crippen LogP contribution is -2.28. The van der Waals surface area contributed by atoms with Gasteiger partial charge in [-0.05, 0) is 38.3 Å². The molecule has 0 aromatic heterocycles. The van der Waals surface area contributed by atoms with Gasteiger partial charge in [0.1, 0.15) is 6.10 Å². The van der Waals surface area contributed by atoms with Crippen LogP contribution < -0.4 is 0 Å². The Morgan fingerprint density at radius 2 is 2.00 bits per heavy atom. The summed E-state index contributed by atoms with van der Waals surface area (Å²) < 4.78 is 5.22. The third kappa shape index (κ3) is 2.80. The Morgan fingerprint density at radius 1 is 1.32 bits per heavy atom. The predicted molar refractivity (Wildman–Crippen MR) is 71.3 cm³/mol. The Bertz CT molecular complexity index is 461. The van der Waals surface area contributed by atoms with Gasteiger partial charge in [-0.3, -0.25) is 0 Å². The molecule has 0 saturated carbocycles. The lowest BCUT2D eigenvalue weighted by molar-refractivity contribution is -0.137. The first-order chi connectivity index (χ1) is 8.90. The van der Waals surface area contributed by atoms with Crippen molar-refractivity contribution in [2.75, 3.05) is 0 Å². The highest BCUT2D eigenvalue weighted by molar-refractivity contribution is 5.91. The van der Waals surface area contributed by atoms with Gasteiger partial charge in [-0.2, -0.15) is 0 Å². The minimum atomic E-state index is -0.789. The molecule has 4 nitrogen and oxygen atoms in total. The van der Waals surface area contributed by atoms with Crippen LogP contribution in [0.3, 0.4) is 0 Å². The number of carbonyl (C=O) groups is 1. The van der Waals surface area contributed by atoms with Crippen molar-refractivity contribution < 1.29 is 19.7 Å². The molecule has 0 aromatic carbocycles. The van der Waals surface area contributed by atoms with Crippen LogP contribution in [0.15, 0.2) is 35.5 Å². The second kappa shape index (κ2) is 5.31. The fourth-order valence-corrected chi connectivity index (χ4v) is 2.59. The van der Waals surface area contributed by atoms with E-state index in [0.717, 1.165) is 11.1 Å². The smallest absolute Gasteiger partial charge is 0.334 e. The standard InChI is InChI=1S/C15H20O4/c1-8-4-5-11(16)9(2)7-13-14(12(17)6-8)10(3)15(18)19-13/h6-7,11-14,16-17H,3-5H2,1-2H3/b8-6-,9-7-/t11?,12?,13?,14-/m0/s1. The minimum Gasteiger partial charge on any atom is -0.454 e. The zero-order valence-corrected chi connectivity index (χ0v) is 11.3. The zero-order valence-electron chi connectivity index (χ0n) is 11.3. The molecule has 3 unspecified atom stereocenters. The molecule has 2 rings (SSSR count). The molecule has 1 fully saturated rings. The summed E-state index contributed by atoms with van der Waals surface area (Å²) in [5.41, 5.74) is 2.05. The van der Waals surface area contributed by atoms with Crippen molar-refractivity contribution in [2.24, 2.45) is 5.92 Å². The Labute approximate surface area is 113 Å².